The van der Waals surface area contributed by atoms with Gasteiger partial charge in [0.05, 0.1) is 14.2 Å². The molecule has 0 unspecified atom stereocenters. The molecular weight excluding hydrogens is 260 g/mol. The maximum absolute atomic E-state index is 12.2. The van der Waals surface area contributed by atoms with Crippen LogP contribution in [0.4, 0.5) is 0 Å². The number of fused-ring (bicyclic) bond motifs is 3. The van der Waals surface area contributed by atoms with Crippen LogP contribution in [0.1, 0.15) is 0 Å². The molecule has 3 rings (SSSR count). The number of rotatable bonds is 2. The Morgan fingerprint density at radius 3 is 2.16 bits per heavy atom. The normalized spacial score (nSPS) is 10.8. The summed E-state index contributed by atoms with van der Waals surface area (Å²) in [5, 5.41) is 2.70. The molecule has 0 aliphatic heterocycles. The molecule has 2 aromatic carbocycles. The van der Waals surface area contributed by atoms with Gasteiger partial charge in [-0.1, -0.05) is 11.3 Å². The molecule has 1 heterocycles. The van der Waals surface area contributed by atoms with Crippen LogP contribution in [-0.4, -0.2) is 14.2 Å². The highest BCUT2D eigenvalue weighted by Gasteiger charge is 2.07. The van der Waals surface area contributed by atoms with E-state index in [4.69, 9.17) is 9.47 Å². The highest BCUT2D eigenvalue weighted by atomic mass is 32.1. The number of benzene rings is 2. The van der Waals surface area contributed by atoms with E-state index in [9.17, 15) is 4.79 Å². The summed E-state index contributed by atoms with van der Waals surface area (Å²) in [4.78, 5) is 12.2. The molecular formula is C15H12O3S. The Hall–Kier alpha value is -2.07. The minimum Gasteiger partial charge on any atom is -0.497 e. The molecule has 3 aromatic rings. The van der Waals surface area contributed by atoms with E-state index in [-0.39, 0.29) is 4.74 Å². The lowest BCUT2D eigenvalue weighted by Gasteiger charge is -2.06. The van der Waals surface area contributed by atoms with Crippen molar-refractivity contribution in [3.63, 3.8) is 0 Å². The van der Waals surface area contributed by atoms with Crippen molar-refractivity contribution >= 4 is 32.2 Å². The quantitative estimate of drug-likeness (QED) is 0.670. The van der Waals surface area contributed by atoms with Gasteiger partial charge in [0.2, 0.25) is 4.74 Å². The molecule has 0 fully saturated rings. The van der Waals surface area contributed by atoms with Gasteiger partial charge in [0.15, 0.2) is 0 Å². The molecule has 0 radical (unpaired) electrons. The highest BCUT2D eigenvalue weighted by Crippen LogP contribution is 2.30. The molecule has 0 N–H and O–H groups in total. The summed E-state index contributed by atoms with van der Waals surface area (Å²) in [6, 6.07) is 11.4. The van der Waals surface area contributed by atoms with E-state index in [1.165, 1.54) is 11.3 Å². The van der Waals surface area contributed by atoms with Gasteiger partial charge in [-0.15, -0.1) is 0 Å². The number of ether oxygens (including phenoxy) is 2. The first kappa shape index (κ1) is 12.0. The lowest BCUT2D eigenvalue weighted by Crippen LogP contribution is -1.96. The predicted octanol–water partition coefficient (Wildman–Crippen LogP) is 3.43. The summed E-state index contributed by atoms with van der Waals surface area (Å²) in [6.45, 7) is 0. The molecule has 19 heavy (non-hydrogen) atoms. The number of hydrogen-bond donors (Lipinski definition) is 0. The maximum Gasteiger partial charge on any atom is 0.240 e. The van der Waals surface area contributed by atoms with Gasteiger partial charge in [-0.05, 0) is 41.8 Å². The Balaban J connectivity index is 2.43. The van der Waals surface area contributed by atoms with Crippen molar-refractivity contribution in [1.82, 2.24) is 0 Å². The summed E-state index contributed by atoms with van der Waals surface area (Å²) in [5.41, 5.74) is 0. The Morgan fingerprint density at radius 2 is 1.47 bits per heavy atom. The zero-order valence-corrected chi connectivity index (χ0v) is 11.4. The van der Waals surface area contributed by atoms with Gasteiger partial charge in [0.1, 0.15) is 11.5 Å². The van der Waals surface area contributed by atoms with Crippen LogP contribution >= 0.6 is 11.3 Å². The van der Waals surface area contributed by atoms with Crippen LogP contribution in [0.25, 0.3) is 20.9 Å². The first-order valence-electron chi connectivity index (χ1n) is 5.81. The van der Waals surface area contributed by atoms with E-state index in [2.05, 4.69) is 0 Å². The summed E-state index contributed by atoms with van der Waals surface area (Å²) >= 11 is 1.23. The zero-order valence-electron chi connectivity index (χ0n) is 10.6. The van der Waals surface area contributed by atoms with E-state index in [0.29, 0.717) is 11.1 Å². The number of methoxy groups -OCH3 is 2. The van der Waals surface area contributed by atoms with Crippen molar-refractivity contribution in [1.29, 1.82) is 0 Å². The molecule has 0 bridgehead atoms. The standard InChI is InChI=1S/C15H12O3S/c1-17-9-3-5-11-12-6-4-10(18-2)8-14(12)19-15(16)13(11)7-9/h3-8H,1-2H3. The molecule has 0 saturated heterocycles. The van der Waals surface area contributed by atoms with Crippen LogP contribution < -0.4 is 14.2 Å². The van der Waals surface area contributed by atoms with E-state index >= 15 is 0 Å². The van der Waals surface area contributed by atoms with Gasteiger partial charge in [0, 0.05) is 15.5 Å². The van der Waals surface area contributed by atoms with E-state index in [1.807, 2.05) is 30.3 Å². The summed E-state index contributed by atoms with van der Waals surface area (Å²) in [5.74, 6) is 1.46. The third-order valence-corrected chi connectivity index (χ3v) is 4.09. The van der Waals surface area contributed by atoms with Crippen molar-refractivity contribution in [3.05, 3.63) is 45.9 Å². The Morgan fingerprint density at radius 1 is 0.842 bits per heavy atom. The van der Waals surface area contributed by atoms with Gasteiger partial charge in [-0.25, -0.2) is 0 Å². The molecule has 4 heteroatoms. The third kappa shape index (κ3) is 1.94. The lowest BCUT2D eigenvalue weighted by atomic mass is 10.1. The van der Waals surface area contributed by atoms with Crippen molar-refractivity contribution in [3.8, 4) is 11.5 Å². The van der Waals surface area contributed by atoms with Gasteiger partial charge < -0.3 is 9.47 Å². The second kappa shape index (κ2) is 4.55. The van der Waals surface area contributed by atoms with Gasteiger partial charge in [0.25, 0.3) is 0 Å². The van der Waals surface area contributed by atoms with Crippen LogP contribution in [0, 0.1) is 0 Å². The fourth-order valence-electron chi connectivity index (χ4n) is 2.15. The molecule has 0 aliphatic carbocycles. The topological polar surface area (TPSA) is 35.5 Å². The van der Waals surface area contributed by atoms with Crippen LogP contribution in [0.3, 0.4) is 0 Å². The Bertz CT molecular complexity index is 821. The maximum atomic E-state index is 12.2. The molecule has 0 aliphatic rings. The van der Waals surface area contributed by atoms with Crippen LogP contribution in [0.5, 0.6) is 11.5 Å². The zero-order chi connectivity index (χ0) is 13.4. The minimum absolute atomic E-state index is 0.0367. The average molecular weight is 272 g/mol. The lowest BCUT2D eigenvalue weighted by molar-refractivity contribution is 0.415. The molecule has 0 atom stereocenters. The minimum atomic E-state index is 0.0367. The van der Waals surface area contributed by atoms with Crippen LogP contribution in [-0.2, 0) is 0 Å². The van der Waals surface area contributed by atoms with Crippen LogP contribution in [0.15, 0.2) is 41.2 Å². The molecule has 0 saturated carbocycles. The fraction of sp³-hybridized carbons (Fsp3) is 0.133. The SMILES string of the molecule is COc1ccc2c(c1)sc(=O)c1cc(OC)ccc12. The molecule has 1 aromatic heterocycles. The van der Waals surface area contributed by atoms with Crippen molar-refractivity contribution in [2.24, 2.45) is 0 Å². The second-order valence-electron chi connectivity index (χ2n) is 4.16. The predicted molar refractivity (Wildman–Crippen MR) is 78.7 cm³/mol. The molecule has 3 nitrogen and oxygen atoms in total. The van der Waals surface area contributed by atoms with Gasteiger partial charge in [-0.3, -0.25) is 4.79 Å². The second-order valence-corrected chi connectivity index (χ2v) is 5.18. The van der Waals surface area contributed by atoms with Crippen molar-refractivity contribution in [2.45, 2.75) is 0 Å². The fourth-order valence-corrected chi connectivity index (χ4v) is 3.09. The first-order valence-corrected chi connectivity index (χ1v) is 6.63. The highest BCUT2D eigenvalue weighted by molar-refractivity contribution is 7.17. The van der Waals surface area contributed by atoms with E-state index in [0.717, 1.165) is 21.2 Å². The summed E-state index contributed by atoms with van der Waals surface area (Å²) < 4.78 is 11.3. The van der Waals surface area contributed by atoms with Crippen LogP contribution in [0.2, 0.25) is 0 Å². The summed E-state index contributed by atoms with van der Waals surface area (Å²) in [6.07, 6.45) is 0. The van der Waals surface area contributed by atoms with Gasteiger partial charge in [-0.2, -0.15) is 0 Å². The molecule has 96 valence electrons. The summed E-state index contributed by atoms with van der Waals surface area (Å²) in [7, 11) is 3.22. The first-order chi connectivity index (χ1) is 9.22. The van der Waals surface area contributed by atoms with Gasteiger partial charge >= 0.3 is 0 Å². The Kier molecular flexibility index (Phi) is 2.87. The average Bonchev–Trinajstić information content (AvgIpc) is 2.46. The van der Waals surface area contributed by atoms with E-state index < -0.39 is 0 Å². The Labute approximate surface area is 114 Å². The third-order valence-electron chi connectivity index (χ3n) is 3.13. The largest absolute Gasteiger partial charge is 0.497 e. The monoisotopic (exact) mass is 272 g/mol. The molecule has 0 amide bonds. The number of hydrogen-bond acceptors (Lipinski definition) is 4. The van der Waals surface area contributed by atoms with E-state index in [1.54, 1.807) is 20.3 Å². The smallest absolute Gasteiger partial charge is 0.240 e. The van der Waals surface area contributed by atoms with Crippen molar-refractivity contribution < 1.29 is 9.47 Å². The van der Waals surface area contributed by atoms with Crippen molar-refractivity contribution in [2.75, 3.05) is 14.2 Å². The molecule has 0 spiro atoms.